The van der Waals surface area contributed by atoms with Crippen molar-refractivity contribution >= 4 is 34.8 Å². The molecule has 0 radical (unpaired) electrons. The Hall–Kier alpha value is -2.30. The van der Waals surface area contributed by atoms with E-state index in [0.717, 1.165) is 24.2 Å². The maximum Gasteiger partial charge on any atom is 0.274 e. The van der Waals surface area contributed by atoms with E-state index in [4.69, 9.17) is 23.2 Å². The molecule has 2 aromatic carbocycles. The number of anilines is 1. The minimum atomic E-state index is -0.257. The molecule has 1 fully saturated rings. The number of rotatable bonds is 4. The third-order valence-corrected chi connectivity index (χ3v) is 4.68. The molecule has 4 rings (SSSR count). The number of nitrogens with one attached hydrogen (secondary N) is 1. The van der Waals surface area contributed by atoms with Crippen molar-refractivity contribution < 1.29 is 4.79 Å². The van der Waals surface area contributed by atoms with Gasteiger partial charge in [-0.15, -0.1) is 0 Å². The predicted molar refractivity (Wildman–Crippen MR) is 100.0 cm³/mol. The summed E-state index contributed by atoms with van der Waals surface area (Å²) in [6.45, 7) is 0. The molecule has 1 saturated carbocycles. The van der Waals surface area contributed by atoms with Crippen LogP contribution in [0.2, 0.25) is 10.0 Å². The summed E-state index contributed by atoms with van der Waals surface area (Å²) in [6, 6.07) is 16.5. The van der Waals surface area contributed by atoms with E-state index >= 15 is 0 Å². The average Bonchev–Trinajstić information content (AvgIpc) is 3.36. The minimum absolute atomic E-state index is 0.257. The number of halogens is 2. The van der Waals surface area contributed by atoms with Crippen LogP contribution in [0.4, 0.5) is 5.69 Å². The summed E-state index contributed by atoms with van der Waals surface area (Å²) < 4.78 is 1.69. The second-order valence-corrected chi connectivity index (χ2v) is 6.90. The first-order valence-electron chi connectivity index (χ1n) is 8.03. The number of nitrogens with zero attached hydrogens (tertiary/aromatic N) is 2. The third kappa shape index (κ3) is 3.41. The van der Waals surface area contributed by atoms with Crippen molar-refractivity contribution in [3.05, 3.63) is 76.0 Å². The molecule has 0 saturated heterocycles. The van der Waals surface area contributed by atoms with Gasteiger partial charge in [0.2, 0.25) is 0 Å². The highest BCUT2D eigenvalue weighted by Crippen LogP contribution is 2.40. The summed E-state index contributed by atoms with van der Waals surface area (Å²) >= 11 is 12.1. The van der Waals surface area contributed by atoms with Crippen LogP contribution >= 0.6 is 23.2 Å². The zero-order chi connectivity index (χ0) is 17.4. The zero-order valence-corrected chi connectivity index (χ0v) is 14.8. The van der Waals surface area contributed by atoms with Crippen molar-refractivity contribution in [3.63, 3.8) is 0 Å². The van der Waals surface area contributed by atoms with E-state index in [0.29, 0.717) is 27.3 Å². The number of amides is 1. The van der Waals surface area contributed by atoms with Crippen LogP contribution in [0.3, 0.4) is 0 Å². The van der Waals surface area contributed by atoms with Crippen molar-refractivity contribution in [2.75, 3.05) is 5.32 Å². The third-order valence-electron chi connectivity index (χ3n) is 4.14. The molecule has 1 amide bonds. The maximum atomic E-state index is 12.8. The second-order valence-electron chi connectivity index (χ2n) is 6.05. The molecule has 0 aliphatic heterocycles. The summed E-state index contributed by atoms with van der Waals surface area (Å²) in [7, 11) is 0. The van der Waals surface area contributed by atoms with Crippen LogP contribution in [-0.2, 0) is 0 Å². The number of hydrogen-bond donors (Lipinski definition) is 1. The average molecular weight is 372 g/mol. The van der Waals surface area contributed by atoms with E-state index in [9.17, 15) is 4.79 Å². The number of benzene rings is 2. The van der Waals surface area contributed by atoms with Gasteiger partial charge in [0, 0.05) is 10.9 Å². The van der Waals surface area contributed by atoms with Gasteiger partial charge in [0.15, 0.2) is 0 Å². The predicted octanol–water partition coefficient (Wildman–Crippen LogP) is 5.31. The normalized spacial score (nSPS) is 13.7. The fraction of sp³-hybridized carbons (Fsp3) is 0.158. The lowest BCUT2D eigenvalue weighted by atomic mass is 10.2. The van der Waals surface area contributed by atoms with Crippen LogP contribution in [0.5, 0.6) is 0 Å². The number of aromatic nitrogens is 2. The summed E-state index contributed by atoms with van der Waals surface area (Å²) in [5.41, 5.74) is 2.81. The first-order valence-corrected chi connectivity index (χ1v) is 8.79. The van der Waals surface area contributed by atoms with Gasteiger partial charge in [0.05, 0.1) is 22.1 Å². The van der Waals surface area contributed by atoms with Crippen LogP contribution in [0.25, 0.3) is 5.69 Å². The molecular formula is C19H15Cl2N3O. The molecule has 0 spiro atoms. The summed E-state index contributed by atoms with van der Waals surface area (Å²) in [5.74, 6) is 0.197. The molecule has 126 valence electrons. The molecule has 25 heavy (non-hydrogen) atoms. The van der Waals surface area contributed by atoms with Gasteiger partial charge in [-0.2, -0.15) is 5.10 Å². The Bertz CT molecular complexity index is 933. The molecule has 6 heteroatoms. The lowest BCUT2D eigenvalue weighted by Crippen LogP contribution is -2.17. The van der Waals surface area contributed by atoms with Crippen LogP contribution in [0.1, 0.15) is 34.9 Å². The molecule has 0 atom stereocenters. The minimum Gasteiger partial charge on any atom is -0.319 e. The molecule has 3 aromatic rings. The van der Waals surface area contributed by atoms with Gasteiger partial charge in [0.25, 0.3) is 5.91 Å². The summed E-state index contributed by atoms with van der Waals surface area (Å²) in [6.07, 6.45) is 2.24. The number of para-hydroxylation sites is 1. The number of carbonyl (C=O) groups is 1. The Labute approximate surface area is 155 Å². The molecular weight excluding hydrogens is 357 g/mol. The fourth-order valence-electron chi connectivity index (χ4n) is 2.68. The van der Waals surface area contributed by atoms with E-state index in [2.05, 4.69) is 10.4 Å². The SMILES string of the molecule is O=C(Nc1ccc(Cl)cc1Cl)c1cc(C2CC2)nn1-c1ccccc1. The van der Waals surface area contributed by atoms with Crippen molar-refractivity contribution in [2.24, 2.45) is 0 Å². The van der Waals surface area contributed by atoms with Gasteiger partial charge in [-0.1, -0.05) is 41.4 Å². The Morgan fingerprint density at radius 1 is 1.08 bits per heavy atom. The Morgan fingerprint density at radius 2 is 1.84 bits per heavy atom. The molecule has 1 heterocycles. The second kappa shape index (κ2) is 6.54. The highest BCUT2D eigenvalue weighted by Gasteiger charge is 2.29. The molecule has 1 N–H and O–H groups in total. The highest BCUT2D eigenvalue weighted by atomic mass is 35.5. The number of carbonyl (C=O) groups excluding carboxylic acids is 1. The number of hydrogen-bond acceptors (Lipinski definition) is 2. The lowest BCUT2D eigenvalue weighted by molar-refractivity contribution is 0.101. The lowest BCUT2D eigenvalue weighted by Gasteiger charge is -2.09. The molecule has 0 unspecified atom stereocenters. The molecule has 0 bridgehead atoms. The van der Waals surface area contributed by atoms with E-state index in [-0.39, 0.29) is 5.91 Å². The standard InChI is InChI=1S/C19H15Cl2N3O/c20-13-8-9-16(15(21)10-13)22-19(25)18-11-17(12-6-7-12)23-24(18)14-4-2-1-3-5-14/h1-5,8-12H,6-7H2,(H,22,25). The smallest absolute Gasteiger partial charge is 0.274 e. The van der Waals surface area contributed by atoms with Gasteiger partial charge in [-0.25, -0.2) is 4.68 Å². The Kier molecular flexibility index (Phi) is 4.24. The Morgan fingerprint density at radius 3 is 2.52 bits per heavy atom. The fourth-order valence-corrected chi connectivity index (χ4v) is 3.14. The van der Waals surface area contributed by atoms with Crippen molar-refractivity contribution in [2.45, 2.75) is 18.8 Å². The van der Waals surface area contributed by atoms with E-state index in [1.165, 1.54) is 0 Å². The quantitative estimate of drug-likeness (QED) is 0.675. The largest absolute Gasteiger partial charge is 0.319 e. The summed E-state index contributed by atoms with van der Waals surface area (Å²) in [4.78, 5) is 12.8. The molecule has 1 aliphatic carbocycles. The Balaban J connectivity index is 1.69. The molecule has 1 aromatic heterocycles. The van der Waals surface area contributed by atoms with Gasteiger partial charge >= 0.3 is 0 Å². The summed E-state index contributed by atoms with van der Waals surface area (Å²) in [5, 5.41) is 8.41. The zero-order valence-electron chi connectivity index (χ0n) is 13.2. The first kappa shape index (κ1) is 16.2. The first-order chi connectivity index (χ1) is 12.1. The van der Waals surface area contributed by atoms with Gasteiger partial charge in [0.1, 0.15) is 5.69 Å². The van der Waals surface area contributed by atoms with Gasteiger partial charge in [-0.05, 0) is 49.2 Å². The molecule has 4 nitrogen and oxygen atoms in total. The van der Waals surface area contributed by atoms with Crippen molar-refractivity contribution in [1.82, 2.24) is 9.78 Å². The van der Waals surface area contributed by atoms with E-state index in [1.807, 2.05) is 36.4 Å². The van der Waals surface area contributed by atoms with E-state index < -0.39 is 0 Å². The topological polar surface area (TPSA) is 46.9 Å². The van der Waals surface area contributed by atoms with Gasteiger partial charge in [-0.3, -0.25) is 4.79 Å². The van der Waals surface area contributed by atoms with Gasteiger partial charge < -0.3 is 5.32 Å². The highest BCUT2D eigenvalue weighted by molar-refractivity contribution is 6.36. The maximum absolute atomic E-state index is 12.8. The van der Waals surface area contributed by atoms with E-state index in [1.54, 1.807) is 22.9 Å². The monoisotopic (exact) mass is 371 g/mol. The molecule has 1 aliphatic rings. The van der Waals surface area contributed by atoms with Crippen LogP contribution in [0.15, 0.2) is 54.6 Å². The van der Waals surface area contributed by atoms with Crippen molar-refractivity contribution in [3.8, 4) is 5.69 Å². The van der Waals surface area contributed by atoms with Crippen molar-refractivity contribution in [1.29, 1.82) is 0 Å². The van der Waals surface area contributed by atoms with Crippen LogP contribution in [0, 0.1) is 0 Å². The van der Waals surface area contributed by atoms with Crippen LogP contribution in [-0.4, -0.2) is 15.7 Å². The van der Waals surface area contributed by atoms with Crippen LogP contribution < -0.4 is 5.32 Å².